The summed E-state index contributed by atoms with van der Waals surface area (Å²) in [6, 6.07) is 25.0. The van der Waals surface area contributed by atoms with Gasteiger partial charge in [-0.2, -0.15) is 0 Å². The quantitative estimate of drug-likeness (QED) is 0.489. The molecule has 0 saturated carbocycles. The van der Waals surface area contributed by atoms with Crippen molar-refractivity contribution in [2.24, 2.45) is 4.99 Å². The lowest BCUT2D eigenvalue weighted by Gasteiger charge is -2.30. The minimum atomic E-state index is -0.402. The second-order valence-electron chi connectivity index (χ2n) is 7.68. The molecular weight excluding hydrogens is 416 g/mol. The fourth-order valence-corrected chi connectivity index (χ4v) is 4.00. The third-order valence-corrected chi connectivity index (χ3v) is 5.47. The van der Waals surface area contributed by atoms with Gasteiger partial charge >= 0.3 is 5.97 Å². The summed E-state index contributed by atoms with van der Waals surface area (Å²) in [6.45, 7) is 3.54. The number of para-hydroxylation sites is 2. The van der Waals surface area contributed by atoms with Gasteiger partial charge in [-0.25, -0.2) is 4.79 Å². The van der Waals surface area contributed by atoms with E-state index in [9.17, 15) is 9.59 Å². The second kappa shape index (κ2) is 10.1. The predicted octanol–water partition coefficient (Wildman–Crippen LogP) is 5.25. The molecule has 6 heteroatoms. The molecule has 3 aromatic rings. The van der Waals surface area contributed by atoms with Gasteiger partial charge in [0.15, 0.2) is 6.61 Å². The number of ether oxygens (including phenoxy) is 2. The summed E-state index contributed by atoms with van der Waals surface area (Å²) in [7, 11) is 0. The van der Waals surface area contributed by atoms with Crippen molar-refractivity contribution in [2.75, 3.05) is 18.1 Å². The number of hydrogen-bond donors (Lipinski definition) is 0. The molecule has 0 saturated heterocycles. The molecule has 3 aromatic carbocycles. The van der Waals surface area contributed by atoms with Crippen molar-refractivity contribution in [2.45, 2.75) is 26.3 Å². The van der Waals surface area contributed by atoms with Crippen LogP contribution in [0.5, 0.6) is 5.75 Å². The normalized spacial score (nSPS) is 15.2. The van der Waals surface area contributed by atoms with Crippen LogP contribution in [-0.2, 0) is 14.3 Å². The number of amides is 1. The van der Waals surface area contributed by atoms with Crippen LogP contribution in [0.2, 0.25) is 0 Å². The average Bonchev–Trinajstić information content (AvgIpc) is 3.01. The Hall–Kier alpha value is -3.93. The minimum Gasteiger partial charge on any atom is -0.482 e. The van der Waals surface area contributed by atoms with Crippen molar-refractivity contribution < 1.29 is 19.1 Å². The molecule has 6 nitrogen and oxygen atoms in total. The van der Waals surface area contributed by atoms with E-state index in [0.717, 1.165) is 28.2 Å². The number of carbonyl (C=O) groups excluding carboxylic acids is 2. The molecule has 0 N–H and O–H groups in total. The molecule has 0 radical (unpaired) electrons. The molecule has 1 aliphatic rings. The van der Waals surface area contributed by atoms with Gasteiger partial charge < -0.3 is 14.4 Å². The molecule has 0 aliphatic carbocycles. The standard InChI is InChI=1S/C27H26N2O4/c1-3-32-27(31)18-33-22-15-13-20(14-16-22)24-17-26(21-9-5-4-6-10-21)29(19(2)30)25-12-8-7-11-23(25)28-24/h4-16,26H,3,17-18H2,1-2H3. The maximum Gasteiger partial charge on any atom is 0.344 e. The van der Waals surface area contributed by atoms with E-state index in [-0.39, 0.29) is 18.6 Å². The largest absolute Gasteiger partial charge is 0.482 e. The van der Waals surface area contributed by atoms with Crippen molar-refractivity contribution in [3.63, 3.8) is 0 Å². The number of hydrogen-bond acceptors (Lipinski definition) is 5. The number of aliphatic imine (C=N–C) groups is 1. The SMILES string of the molecule is CCOC(=O)COc1ccc(C2=Nc3ccccc3N(C(C)=O)C(c3ccccc3)C2)cc1. The lowest BCUT2D eigenvalue weighted by atomic mass is 9.96. The van der Waals surface area contributed by atoms with Gasteiger partial charge in [0, 0.05) is 13.3 Å². The number of benzene rings is 3. The van der Waals surface area contributed by atoms with E-state index >= 15 is 0 Å². The summed E-state index contributed by atoms with van der Waals surface area (Å²) in [5, 5.41) is 0. The molecule has 0 aromatic heterocycles. The highest BCUT2D eigenvalue weighted by atomic mass is 16.6. The molecule has 1 atom stereocenters. The zero-order valence-corrected chi connectivity index (χ0v) is 18.7. The van der Waals surface area contributed by atoms with Crippen LogP contribution in [0.25, 0.3) is 0 Å². The Morgan fingerprint density at radius 2 is 1.67 bits per heavy atom. The average molecular weight is 443 g/mol. The van der Waals surface area contributed by atoms with Gasteiger partial charge in [-0.3, -0.25) is 9.79 Å². The Kier molecular flexibility index (Phi) is 6.83. The van der Waals surface area contributed by atoms with Crippen LogP contribution in [0.15, 0.2) is 83.9 Å². The van der Waals surface area contributed by atoms with Crippen LogP contribution in [0, 0.1) is 0 Å². The van der Waals surface area contributed by atoms with Crippen LogP contribution in [0.1, 0.15) is 37.4 Å². The molecule has 4 rings (SSSR count). The number of nitrogens with zero attached hydrogens (tertiary/aromatic N) is 2. The number of anilines is 1. The third-order valence-electron chi connectivity index (χ3n) is 5.47. The van der Waals surface area contributed by atoms with Gasteiger partial charge in [-0.15, -0.1) is 0 Å². The Morgan fingerprint density at radius 1 is 0.970 bits per heavy atom. The smallest absolute Gasteiger partial charge is 0.344 e. The fraction of sp³-hybridized carbons (Fsp3) is 0.222. The first kappa shape index (κ1) is 22.3. The Labute approximate surface area is 193 Å². The highest BCUT2D eigenvalue weighted by Gasteiger charge is 2.30. The number of fused-ring (bicyclic) bond motifs is 1. The van der Waals surface area contributed by atoms with Gasteiger partial charge in [0.25, 0.3) is 0 Å². The van der Waals surface area contributed by atoms with Gasteiger partial charge in [-0.05, 0) is 54.4 Å². The lowest BCUT2D eigenvalue weighted by Crippen LogP contribution is -2.33. The topological polar surface area (TPSA) is 68.2 Å². The lowest BCUT2D eigenvalue weighted by molar-refractivity contribution is -0.145. The van der Waals surface area contributed by atoms with Crippen molar-refractivity contribution in [1.82, 2.24) is 0 Å². The number of esters is 1. The van der Waals surface area contributed by atoms with Crippen LogP contribution in [-0.4, -0.2) is 30.8 Å². The third kappa shape index (κ3) is 5.12. The van der Waals surface area contributed by atoms with Crippen molar-refractivity contribution in [3.05, 3.63) is 90.0 Å². The Balaban J connectivity index is 1.68. The molecule has 1 amide bonds. The molecular formula is C27H26N2O4. The summed E-state index contributed by atoms with van der Waals surface area (Å²) in [6.07, 6.45) is 0.557. The summed E-state index contributed by atoms with van der Waals surface area (Å²) in [5.74, 6) is 0.142. The van der Waals surface area contributed by atoms with E-state index in [1.807, 2.05) is 83.8 Å². The summed E-state index contributed by atoms with van der Waals surface area (Å²) in [5.41, 5.74) is 4.40. The maximum absolute atomic E-state index is 12.8. The highest BCUT2D eigenvalue weighted by Crippen LogP contribution is 2.40. The van der Waals surface area contributed by atoms with Crippen LogP contribution in [0.4, 0.5) is 11.4 Å². The summed E-state index contributed by atoms with van der Waals surface area (Å²) in [4.78, 5) is 31.1. The number of carbonyl (C=O) groups is 2. The first-order valence-corrected chi connectivity index (χ1v) is 11.0. The van der Waals surface area contributed by atoms with E-state index in [1.54, 1.807) is 13.8 Å². The van der Waals surface area contributed by atoms with E-state index in [1.165, 1.54) is 0 Å². The Bertz CT molecular complexity index is 1160. The van der Waals surface area contributed by atoms with Gasteiger partial charge in [0.1, 0.15) is 5.75 Å². The van der Waals surface area contributed by atoms with E-state index in [4.69, 9.17) is 14.5 Å². The maximum atomic E-state index is 12.8. The molecule has 1 unspecified atom stereocenters. The monoisotopic (exact) mass is 442 g/mol. The predicted molar refractivity (Wildman–Crippen MR) is 128 cm³/mol. The zero-order chi connectivity index (χ0) is 23.2. The zero-order valence-electron chi connectivity index (χ0n) is 18.7. The highest BCUT2D eigenvalue weighted by molar-refractivity contribution is 6.07. The van der Waals surface area contributed by atoms with Crippen molar-refractivity contribution >= 4 is 29.0 Å². The van der Waals surface area contributed by atoms with Gasteiger partial charge in [0.2, 0.25) is 5.91 Å². The van der Waals surface area contributed by atoms with Crippen LogP contribution >= 0.6 is 0 Å². The van der Waals surface area contributed by atoms with E-state index < -0.39 is 5.97 Å². The second-order valence-corrected chi connectivity index (χ2v) is 7.68. The first-order chi connectivity index (χ1) is 16.1. The molecule has 33 heavy (non-hydrogen) atoms. The summed E-state index contributed by atoms with van der Waals surface area (Å²) >= 11 is 0. The molecule has 1 aliphatic heterocycles. The van der Waals surface area contributed by atoms with Crippen molar-refractivity contribution in [3.8, 4) is 5.75 Å². The number of rotatable bonds is 6. The molecule has 1 heterocycles. The van der Waals surface area contributed by atoms with E-state index in [0.29, 0.717) is 18.8 Å². The molecule has 0 fully saturated rings. The van der Waals surface area contributed by atoms with Gasteiger partial charge in [0.05, 0.1) is 29.7 Å². The van der Waals surface area contributed by atoms with Gasteiger partial charge in [-0.1, -0.05) is 42.5 Å². The minimum absolute atomic E-state index is 0.0320. The molecule has 0 bridgehead atoms. The van der Waals surface area contributed by atoms with E-state index in [2.05, 4.69) is 0 Å². The fourth-order valence-electron chi connectivity index (χ4n) is 4.00. The van der Waals surface area contributed by atoms with Crippen LogP contribution < -0.4 is 9.64 Å². The van der Waals surface area contributed by atoms with Crippen LogP contribution in [0.3, 0.4) is 0 Å². The first-order valence-electron chi connectivity index (χ1n) is 11.0. The summed E-state index contributed by atoms with van der Waals surface area (Å²) < 4.78 is 10.4. The molecule has 168 valence electrons. The Morgan fingerprint density at radius 3 is 2.36 bits per heavy atom. The van der Waals surface area contributed by atoms with Crippen molar-refractivity contribution in [1.29, 1.82) is 0 Å². The molecule has 0 spiro atoms.